The molecule has 172 valence electrons. The van der Waals surface area contributed by atoms with E-state index in [9.17, 15) is 14.4 Å². The molecule has 7 nitrogen and oxygen atoms in total. The lowest BCUT2D eigenvalue weighted by molar-refractivity contribution is -0.129. The number of fused-ring (bicyclic) bond motifs is 1. The van der Waals surface area contributed by atoms with Crippen molar-refractivity contribution in [2.24, 2.45) is 7.05 Å². The van der Waals surface area contributed by atoms with Crippen LogP contribution < -0.4 is 10.9 Å². The summed E-state index contributed by atoms with van der Waals surface area (Å²) in [6.07, 6.45) is 0.851. The van der Waals surface area contributed by atoms with Gasteiger partial charge < -0.3 is 10.2 Å². The number of rotatable bonds is 6. The van der Waals surface area contributed by atoms with Crippen molar-refractivity contribution in [2.45, 2.75) is 32.1 Å². The smallest absolute Gasteiger partial charge is 0.295 e. The van der Waals surface area contributed by atoms with Gasteiger partial charge in [-0.25, -0.2) is 4.68 Å². The summed E-state index contributed by atoms with van der Waals surface area (Å²) < 4.78 is 3.25. The Labute approximate surface area is 197 Å². The molecule has 3 aromatic rings. The Morgan fingerprint density at radius 3 is 2.45 bits per heavy atom. The van der Waals surface area contributed by atoms with Crippen LogP contribution in [0.1, 0.15) is 23.7 Å². The molecule has 1 unspecified atom stereocenters. The van der Waals surface area contributed by atoms with Crippen molar-refractivity contribution >= 4 is 29.3 Å². The van der Waals surface area contributed by atoms with E-state index >= 15 is 0 Å². The van der Waals surface area contributed by atoms with Crippen LogP contribution in [0.25, 0.3) is 5.69 Å². The molecule has 1 aliphatic rings. The lowest BCUT2D eigenvalue weighted by Gasteiger charge is -2.29. The van der Waals surface area contributed by atoms with Crippen LogP contribution in [0.5, 0.6) is 0 Å². The van der Waals surface area contributed by atoms with Crippen LogP contribution in [-0.4, -0.2) is 43.6 Å². The molecule has 8 heteroatoms. The van der Waals surface area contributed by atoms with E-state index in [1.165, 1.54) is 27.6 Å². The summed E-state index contributed by atoms with van der Waals surface area (Å²) in [5.41, 5.74) is 3.85. The topological polar surface area (TPSA) is 76.3 Å². The first-order valence-corrected chi connectivity index (χ1v) is 12.0. The third kappa shape index (κ3) is 4.75. The quantitative estimate of drug-likeness (QED) is 0.608. The van der Waals surface area contributed by atoms with Crippen molar-refractivity contribution in [3.8, 4) is 5.69 Å². The minimum atomic E-state index is -0.477. The van der Waals surface area contributed by atoms with Crippen LogP contribution in [0.4, 0.5) is 5.69 Å². The SMILES string of the molecule is Cc1c(NC(=O)C(C)SCC(=O)N2CCc3ccccc3C2)c(=O)n(-c2ccccc2)n1C. The number of thioether (sulfide) groups is 1. The zero-order valence-electron chi connectivity index (χ0n) is 19.1. The number of nitrogens with zero attached hydrogens (tertiary/aromatic N) is 3. The van der Waals surface area contributed by atoms with Crippen molar-refractivity contribution in [3.63, 3.8) is 0 Å². The van der Waals surface area contributed by atoms with Gasteiger partial charge in [0.25, 0.3) is 5.56 Å². The number of nitrogens with one attached hydrogen (secondary N) is 1. The number of aromatic nitrogens is 2. The Kier molecular flexibility index (Phi) is 6.74. The van der Waals surface area contributed by atoms with Crippen molar-refractivity contribution in [3.05, 3.63) is 81.8 Å². The van der Waals surface area contributed by atoms with Gasteiger partial charge in [-0.2, -0.15) is 0 Å². The summed E-state index contributed by atoms with van der Waals surface area (Å²) in [5, 5.41) is 2.31. The minimum Gasteiger partial charge on any atom is -0.337 e. The molecule has 1 atom stereocenters. The van der Waals surface area contributed by atoms with E-state index in [-0.39, 0.29) is 28.8 Å². The second kappa shape index (κ2) is 9.70. The molecule has 2 amide bonds. The summed E-state index contributed by atoms with van der Waals surface area (Å²) in [6.45, 7) is 4.86. The van der Waals surface area contributed by atoms with Crippen LogP contribution in [0.2, 0.25) is 0 Å². The summed E-state index contributed by atoms with van der Waals surface area (Å²) in [5.74, 6) is -0.0436. The Morgan fingerprint density at radius 2 is 1.73 bits per heavy atom. The normalized spacial score (nSPS) is 14.0. The van der Waals surface area contributed by atoms with Gasteiger partial charge in [0.05, 0.1) is 22.4 Å². The fourth-order valence-corrected chi connectivity index (χ4v) is 4.79. The molecule has 4 rings (SSSR count). The standard InChI is InChI=1S/C25H28N4O3S/c1-17-23(25(32)29(27(17)3)21-11-5-4-6-12-21)26-24(31)18(2)33-16-22(30)28-14-13-19-9-7-8-10-20(19)15-28/h4-12,18H,13-16H2,1-3H3,(H,26,31). The number of carbonyl (C=O) groups excluding carboxylic acids is 2. The van der Waals surface area contributed by atoms with E-state index in [1.54, 1.807) is 25.6 Å². The van der Waals surface area contributed by atoms with Gasteiger partial charge in [-0.15, -0.1) is 11.8 Å². The number of anilines is 1. The molecular formula is C25H28N4O3S. The molecule has 1 aliphatic heterocycles. The fraction of sp³-hybridized carbons (Fsp3) is 0.320. The van der Waals surface area contributed by atoms with Gasteiger partial charge in [0.15, 0.2) is 0 Å². The zero-order chi connectivity index (χ0) is 23.5. The Balaban J connectivity index is 1.38. The Bertz CT molecular complexity index is 1230. The van der Waals surface area contributed by atoms with Crippen LogP contribution in [0.15, 0.2) is 59.4 Å². The minimum absolute atomic E-state index is 0.0245. The highest BCUT2D eigenvalue weighted by molar-refractivity contribution is 8.01. The summed E-state index contributed by atoms with van der Waals surface area (Å²) in [7, 11) is 1.78. The molecule has 1 N–H and O–H groups in total. The number of para-hydroxylation sites is 1. The van der Waals surface area contributed by atoms with Crippen molar-refractivity contribution in [1.82, 2.24) is 14.3 Å². The molecule has 0 fully saturated rings. The van der Waals surface area contributed by atoms with Crippen molar-refractivity contribution in [1.29, 1.82) is 0 Å². The highest BCUT2D eigenvalue weighted by Crippen LogP contribution is 2.21. The predicted octanol–water partition coefficient (Wildman–Crippen LogP) is 3.13. The third-order valence-corrected chi connectivity index (χ3v) is 7.24. The van der Waals surface area contributed by atoms with E-state index in [1.807, 2.05) is 47.4 Å². The third-order valence-electron chi connectivity index (χ3n) is 6.11. The van der Waals surface area contributed by atoms with Gasteiger partial charge in [0, 0.05) is 20.1 Å². The molecule has 2 aromatic carbocycles. The average molecular weight is 465 g/mol. The van der Waals surface area contributed by atoms with Gasteiger partial charge >= 0.3 is 0 Å². The largest absolute Gasteiger partial charge is 0.337 e. The molecule has 0 aliphatic carbocycles. The fourth-order valence-electron chi connectivity index (χ4n) is 4.01. The summed E-state index contributed by atoms with van der Waals surface area (Å²) >= 11 is 1.29. The maximum atomic E-state index is 13.0. The highest BCUT2D eigenvalue weighted by atomic mass is 32.2. The Morgan fingerprint density at radius 1 is 1.06 bits per heavy atom. The van der Waals surface area contributed by atoms with Gasteiger partial charge in [-0.05, 0) is 43.5 Å². The molecular weight excluding hydrogens is 436 g/mol. The lowest BCUT2D eigenvalue weighted by atomic mass is 10.00. The van der Waals surface area contributed by atoms with Crippen LogP contribution in [0, 0.1) is 6.92 Å². The van der Waals surface area contributed by atoms with Crippen LogP contribution in [0.3, 0.4) is 0 Å². The molecule has 2 heterocycles. The maximum absolute atomic E-state index is 13.0. The monoisotopic (exact) mass is 464 g/mol. The first-order valence-electron chi connectivity index (χ1n) is 11.0. The maximum Gasteiger partial charge on any atom is 0.295 e. The first kappa shape index (κ1) is 22.9. The first-order chi connectivity index (χ1) is 15.9. The highest BCUT2D eigenvalue weighted by Gasteiger charge is 2.24. The molecule has 0 spiro atoms. The molecule has 0 bridgehead atoms. The van der Waals surface area contributed by atoms with Crippen LogP contribution in [-0.2, 0) is 29.6 Å². The van der Waals surface area contributed by atoms with Crippen molar-refractivity contribution < 1.29 is 9.59 Å². The van der Waals surface area contributed by atoms with Crippen molar-refractivity contribution in [2.75, 3.05) is 17.6 Å². The van der Waals surface area contributed by atoms with Crippen LogP contribution >= 0.6 is 11.8 Å². The Hall–Kier alpha value is -3.26. The number of hydrogen-bond acceptors (Lipinski definition) is 4. The number of carbonyl (C=O) groups is 2. The lowest BCUT2D eigenvalue weighted by Crippen LogP contribution is -2.37. The number of hydrogen-bond donors (Lipinski definition) is 1. The second-order valence-electron chi connectivity index (χ2n) is 8.21. The molecule has 1 aromatic heterocycles. The van der Waals surface area contributed by atoms with E-state index in [0.717, 1.165) is 12.1 Å². The van der Waals surface area contributed by atoms with E-state index in [0.29, 0.717) is 18.8 Å². The van der Waals surface area contributed by atoms with Gasteiger partial charge in [-0.3, -0.25) is 19.1 Å². The predicted molar refractivity (Wildman–Crippen MR) is 132 cm³/mol. The zero-order valence-corrected chi connectivity index (χ0v) is 19.9. The van der Waals surface area contributed by atoms with Gasteiger partial charge in [0.2, 0.25) is 11.8 Å². The second-order valence-corrected chi connectivity index (χ2v) is 9.54. The average Bonchev–Trinajstić information content (AvgIpc) is 3.05. The molecule has 33 heavy (non-hydrogen) atoms. The summed E-state index contributed by atoms with van der Waals surface area (Å²) in [6, 6.07) is 17.5. The van der Waals surface area contributed by atoms with Gasteiger partial charge in [0.1, 0.15) is 5.69 Å². The molecule has 0 radical (unpaired) electrons. The number of amides is 2. The number of benzene rings is 2. The van der Waals surface area contributed by atoms with E-state index in [4.69, 9.17) is 0 Å². The molecule has 0 saturated carbocycles. The summed E-state index contributed by atoms with van der Waals surface area (Å²) in [4.78, 5) is 40.4. The molecule has 0 saturated heterocycles. The van der Waals surface area contributed by atoms with E-state index in [2.05, 4.69) is 17.4 Å². The van der Waals surface area contributed by atoms with E-state index < -0.39 is 5.25 Å². The van der Waals surface area contributed by atoms with Gasteiger partial charge in [-0.1, -0.05) is 42.5 Å².